The second kappa shape index (κ2) is 6.01. The molecule has 0 aromatic rings. The van der Waals surface area contributed by atoms with Crippen LogP contribution in [0.3, 0.4) is 0 Å². The fourth-order valence-corrected chi connectivity index (χ4v) is 49.5. The van der Waals surface area contributed by atoms with E-state index < -0.39 is 70.4 Å². The van der Waals surface area contributed by atoms with Crippen LogP contribution >= 0.6 is 0 Å². The van der Waals surface area contributed by atoms with E-state index in [0.29, 0.717) is 0 Å². The number of hydrogen-bond acceptors (Lipinski definition) is 13. The van der Waals surface area contributed by atoms with Gasteiger partial charge < -0.3 is 55.1 Å². The molecule has 166 valence electrons. The highest BCUT2D eigenvalue weighted by atomic mass is 28.6. The minimum atomic E-state index is -3.64. The van der Waals surface area contributed by atoms with Gasteiger partial charge in [0.25, 0.3) is 0 Å². The Hall–Kier alpha value is 1.22. The highest BCUT2D eigenvalue weighted by molar-refractivity contribution is 7.02. The predicted octanol–water partition coefficient (Wildman–Crippen LogP) is -0.329. The largest absolute Gasteiger partial charge is 0.493 e. The van der Waals surface area contributed by atoms with Crippen LogP contribution in [0.4, 0.5) is 0 Å². The van der Waals surface area contributed by atoms with E-state index in [2.05, 4.69) is 0 Å². The van der Waals surface area contributed by atoms with Crippen LogP contribution in [-0.2, 0) is 49.4 Å². The summed E-state index contributed by atoms with van der Waals surface area (Å²) < 4.78 is 76.9. The maximum Gasteiger partial charge on any atom is 0.493 e. The Morgan fingerprint density at radius 1 is 0.379 bits per heavy atom. The summed E-state index contributed by atoms with van der Waals surface area (Å²) in [5.41, 5.74) is 6.11. The molecule has 6 fully saturated rings. The van der Waals surface area contributed by atoms with Crippen molar-refractivity contribution in [1.29, 1.82) is 0 Å². The molecule has 6 aliphatic rings. The average Bonchev–Trinajstić information content (AvgIpc) is 2.35. The number of rotatable bonds is 1. The monoisotopic (exact) mass is 551 g/mol. The third kappa shape index (κ3) is 3.73. The van der Waals surface area contributed by atoms with Crippen molar-refractivity contribution >= 4 is 70.4 Å². The lowest BCUT2D eigenvalue weighted by molar-refractivity contribution is -0.0188. The van der Waals surface area contributed by atoms with E-state index in [1.165, 1.54) is 0 Å². The van der Waals surface area contributed by atoms with Gasteiger partial charge in [0.1, 0.15) is 0 Å². The molecule has 0 aromatic carbocycles. The summed E-state index contributed by atoms with van der Waals surface area (Å²) in [6.45, 7) is 12.1. The molecule has 0 aliphatic carbocycles. The molecule has 0 spiro atoms. The topological polar surface area (TPSA) is 137 Å². The molecule has 29 heavy (non-hydrogen) atoms. The van der Waals surface area contributed by atoms with Gasteiger partial charge in [-0.15, -0.1) is 0 Å². The molecule has 6 saturated heterocycles. The van der Waals surface area contributed by atoms with Crippen LogP contribution in [0.5, 0.6) is 0 Å². The maximum atomic E-state index is 6.42. The summed E-state index contributed by atoms with van der Waals surface area (Å²) in [6.07, 6.45) is -0.0588. The molecule has 0 atom stereocenters. The second-order valence-electron chi connectivity index (χ2n) is 8.15. The predicted molar refractivity (Wildman–Crippen MR) is 109 cm³/mol. The Bertz CT molecular complexity index is 648. The Balaban J connectivity index is 1.79. The molecule has 21 heteroatoms. The molecular weight excluding hydrogens is 527 g/mol. The minimum absolute atomic E-state index is 0.0588. The lowest BCUT2D eigenvalue weighted by atomic mass is 11.5. The molecule has 2 N–H and O–H groups in total. The van der Waals surface area contributed by atoms with Gasteiger partial charge in [-0.3, -0.25) is 0 Å². The number of hydrogen-bond donors (Lipinski definition) is 1. The fourth-order valence-electron chi connectivity index (χ4n) is 4.50. The van der Waals surface area contributed by atoms with Crippen molar-refractivity contribution in [1.82, 2.24) is 0 Å². The van der Waals surface area contributed by atoms with E-state index in [4.69, 9.17) is 55.1 Å². The summed E-state index contributed by atoms with van der Waals surface area (Å²) in [5.74, 6) is 0. The quantitative estimate of drug-likeness (QED) is 0.426. The SMILES string of the molecule is C[Si]12O[Si]3(C)O[Si]4(C)O[Si](C)(O1)O[Si]1(C)O[Si](C)(O2)O[Si](C)(O3)O[Si](CN)(O4)O1. The number of nitrogens with two attached hydrogens (primary N) is 1. The average molecular weight is 552 g/mol. The third-order valence-electron chi connectivity index (χ3n) is 4.61. The molecule has 6 aliphatic heterocycles. The van der Waals surface area contributed by atoms with Crippen molar-refractivity contribution in [2.24, 2.45) is 5.73 Å². The Morgan fingerprint density at radius 3 is 0.724 bits per heavy atom. The van der Waals surface area contributed by atoms with Gasteiger partial charge in [-0.2, -0.15) is 0 Å². The highest BCUT2D eigenvalue weighted by Crippen LogP contribution is 2.47. The molecule has 0 amide bonds. The molecule has 0 aromatic heterocycles. The summed E-state index contributed by atoms with van der Waals surface area (Å²) >= 11 is 0. The summed E-state index contributed by atoms with van der Waals surface area (Å²) in [6, 6.07) is 0. The lowest BCUT2D eigenvalue weighted by Gasteiger charge is -2.60. The van der Waals surface area contributed by atoms with Crippen molar-refractivity contribution in [3.05, 3.63) is 0 Å². The van der Waals surface area contributed by atoms with E-state index in [0.717, 1.165) is 0 Å². The van der Waals surface area contributed by atoms with E-state index >= 15 is 0 Å². The lowest BCUT2D eigenvalue weighted by Crippen LogP contribution is -2.87. The van der Waals surface area contributed by atoms with Crippen LogP contribution in [0, 0.1) is 0 Å². The van der Waals surface area contributed by atoms with Crippen LogP contribution in [0.2, 0.25) is 45.8 Å². The fraction of sp³-hybridized carbons (Fsp3) is 1.00. The van der Waals surface area contributed by atoms with Gasteiger partial charge in [-0.25, -0.2) is 0 Å². The Morgan fingerprint density at radius 2 is 0.552 bits per heavy atom. The van der Waals surface area contributed by atoms with E-state index in [9.17, 15) is 0 Å². The van der Waals surface area contributed by atoms with Crippen LogP contribution in [0.1, 0.15) is 0 Å². The van der Waals surface area contributed by atoms with E-state index in [1.807, 2.05) is 0 Å². The Kier molecular flexibility index (Phi) is 4.56. The van der Waals surface area contributed by atoms with Gasteiger partial charge in [0.05, 0.1) is 6.17 Å². The molecule has 8 bridgehead atoms. The van der Waals surface area contributed by atoms with Gasteiger partial charge in [-0.1, -0.05) is 0 Å². The minimum Gasteiger partial charge on any atom is -0.374 e. The van der Waals surface area contributed by atoms with Crippen molar-refractivity contribution in [3.8, 4) is 0 Å². The first-order valence-electron chi connectivity index (χ1n) is 9.16. The first-order chi connectivity index (χ1) is 13.0. The molecule has 0 saturated carbocycles. The van der Waals surface area contributed by atoms with Crippen LogP contribution in [0.25, 0.3) is 0 Å². The van der Waals surface area contributed by atoms with Gasteiger partial charge in [0, 0.05) is 45.8 Å². The van der Waals surface area contributed by atoms with Gasteiger partial charge in [0.2, 0.25) is 0 Å². The first kappa shape index (κ1) is 22.0. The molecule has 0 unspecified atom stereocenters. The summed E-state index contributed by atoms with van der Waals surface area (Å²) in [7, 11) is -27.9. The van der Waals surface area contributed by atoms with Crippen molar-refractivity contribution in [3.63, 3.8) is 0 Å². The third-order valence-corrected chi connectivity index (χ3v) is 40.0. The van der Waals surface area contributed by atoms with Crippen LogP contribution < -0.4 is 5.73 Å². The smallest absolute Gasteiger partial charge is 0.374 e. The first-order valence-corrected chi connectivity index (χ1v) is 26.7. The molecule has 6 rings (SSSR count). The zero-order chi connectivity index (χ0) is 21.2. The second-order valence-corrected chi connectivity index (χ2v) is 31.8. The maximum absolute atomic E-state index is 6.42. The van der Waals surface area contributed by atoms with Crippen molar-refractivity contribution in [2.75, 3.05) is 6.17 Å². The van der Waals surface area contributed by atoms with Gasteiger partial charge >= 0.3 is 70.4 Å². The van der Waals surface area contributed by atoms with Crippen LogP contribution in [0.15, 0.2) is 0 Å². The zero-order valence-corrected chi connectivity index (χ0v) is 25.2. The van der Waals surface area contributed by atoms with Crippen molar-refractivity contribution in [2.45, 2.75) is 45.8 Å². The van der Waals surface area contributed by atoms with Crippen LogP contribution in [-0.4, -0.2) is 76.6 Å². The molecular formula is C8H25NO12Si8. The van der Waals surface area contributed by atoms with E-state index in [-0.39, 0.29) is 6.17 Å². The van der Waals surface area contributed by atoms with Gasteiger partial charge in [0.15, 0.2) is 0 Å². The normalized spacial score (nSPS) is 64.1. The summed E-state index contributed by atoms with van der Waals surface area (Å²) in [5, 5.41) is 0. The summed E-state index contributed by atoms with van der Waals surface area (Å²) in [4.78, 5) is 0. The van der Waals surface area contributed by atoms with Crippen molar-refractivity contribution < 1.29 is 49.4 Å². The molecule has 0 radical (unpaired) electrons. The van der Waals surface area contributed by atoms with Gasteiger partial charge in [-0.05, 0) is 0 Å². The standard InChI is InChI=1S/C8H25NO12Si8/c1-22-10-23(2)13-26(5)15-24(3,11-22)17-28(7)18-25(4,12-22)16-27(6,14-23)20-29(8-9,19-26)21-28/h8-9H2,1-7H3. The van der Waals surface area contributed by atoms with E-state index in [1.54, 1.807) is 45.8 Å². The Labute approximate surface area is 177 Å². The highest BCUT2D eigenvalue weighted by Gasteiger charge is 2.78. The molecule has 6 heterocycles. The molecule has 13 nitrogen and oxygen atoms in total. The zero-order valence-electron chi connectivity index (χ0n) is 17.2.